The lowest BCUT2D eigenvalue weighted by Gasteiger charge is -2.38. The van der Waals surface area contributed by atoms with Crippen LogP contribution < -0.4 is 10.1 Å². The van der Waals surface area contributed by atoms with Crippen LogP contribution in [0, 0.1) is 5.92 Å². The Morgan fingerprint density at radius 1 is 1.03 bits per heavy atom. The SMILES string of the molecule is COc1ccc(C2Nc3c(C(=O)N4CCCCCC4)cccc3C3C=CCC32)cc1. The van der Waals surface area contributed by atoms with E-state index in [0.29, 0.717) is 11.8 Å². The lowest BCUT2D eigenvalue weighted by Crippen LogP contribution is -2.35. The fourth-order valence-electron chi connectivity index (χ4n) is 5.39. The molecular weight excluding hydrogens is 372 g/mol. The van der Waals surface area contributed by atoms with Gasteiger partial charge >= 0.3 is 0 Å². The fraction of sp³-hybridized carbons (Fsp3) is 0.423. The minimum atomic E-state index is 0.176. The fourth-order valence-corrected chi connectivity index (χ4v) is 5.39. The van der Waals surface area contributed by atoms with E-state index in [9.17, 15) is 4.79 Å². The third kappa shape index (κ3) is 3.38. The van der Waals surface area contributed by atoms with Gasteiger partial charge in [0.05, 0.1) is 24.4 Å². The van der Waals surface area contributed by atoms with Crippen LogP contribution >= 0.6 is 0 Å². The van der Waals surface area contributed by atoms with Gasteiger partial charge in [-0.2, -0.15) is 0 Å². The molecule has 0 bridgehead atoms. The highest BCUT2D eigenvalue weighted by molar-refractivity contribution is 6.00. The zero-order valence-corrected chi connectivity index (χ0v) is 17.6. The summed E-state index contributed by atoms with van der Waals surface area (Å²) in [5.74, 6) is 1.86. The first-order chi connectivity index (χ1) is 14.8. The Hall–Kier alpha value is -2.75. The van der Waals surface area contributed by atoms with Gasteiger partial charge in [0.1, 0.15) is 5.75 Å². The van der Waals surface area contributed by atoms with Crippen molar-refractivity contribution in [1.82, 2.24) is 4.90 Å². The molecule has 3 aliphatic rings. The van der Waals surface area contributed by atoms with Crippen LogP contribution in [0.4, 0.5) is 5.69 Å². The van der Waals surface area contributed by atoms with Crippen molar-refractivity contribution in [1.29, 1.82) is 0 Å². The van der Waals surface area contributed by atoms with E-state index in [2.05, 4.69) is 46.6 Å². The molecule has 30 heavy (non-hydrogen) atoms. The minimum Gasteiger partial charge on any atom is -0.497 e. The Bertz CT molecular complexity index is 942. The van der Waals surface area contributed by atoms with Crippen molar-refractivity contribution < 1.29 is 9.53 Å². The summed E-state index contributed by atoms with van der Waals surface area (Å²) in [4.78, 5) is 15.6. The maximum absolute atomic E-state index is 13.5. The van der Waals surface area contributed by atoms with E-state index in [4.69, 9.17) is 4.74 Å². The summed E-state index contributed by atoms with van der Waals surface area (Å²) in [5.41, 5.74) is 4.36. The number of para-hydroxylation sites is 1. The molecule has 2 aromatic rings. The van der Waals surface area contributed by atoms with Crippen LogP contribution in [-0.2, 0) is 0 Å². The van der Waals surface area contributed by atoms with Crippen LogP contribution in [0.2, 0.25) is 0 Å². The van der Waals surface area contributed by atoms with E-state index in [0.717, 1.165) is 49.4 Å². The van der Waals surface area contributed by atoms with Gasteiger partial charge in [0.15, 0.2) is 0 Å². The number of allylic oxidation sites excluding steroid dienone is 2. The maximum atomic E-state index is 13.5. The molecule has 0 spiro atoms. The molecule has 0 aromatic heterocycles. The lowest BCUT2D eigenvalue weighted by atomic mass is 9.76. The first-order valence-electron chi connectivity index (χ1n) is 11.3. The van der Waals surface area contributed by atoms with Crippen molar-refractivity contribution in [2.24, 2.45) is 5.92 Å². The van der Waals surface area contributed by atoms with Crippen LogP contribution in [0.25, 0.3) is 0 Å². The smallest absolute Gasteiger partial charge is 0.255 e. The Labute approximate surface area is 178 Å². The van der Waals surface area contributed by atoms with E-state index in [1.165, 1.54) is 24.0 Å². The van der Waals surface area contributed by atoms with E-state index >= 15 is 0 Å². The molecule has 0 saturated carbocycles. The molecule has 4 heteroatoms. The number of likely N-dealkylation sites (tertiary alicyclic amines) is 1. The molecule has 3 unspecified atom stereocenters. The Morgan fingerprint density at radius 2 is 1.80 bits per heavy atom. The molecular formula is C26H30N2O2. The van der Waals surface area contributed by atoms with Gasteiger partial charge in [-0.05, 0) is 54.5 Å². The van der Waals surface area contributed by atoms with Gasteiger partial charge in [-0.1, -0.05) is 49.3 Å². The molecule has 1 saturated heterocycles. The summed E-state index contributed by atoms with van der Waals surface area (Å²) in [6, 6.07) is 14.8. The van der Waals surface area contributed by atoms with E-state index in [1.807, 2.05) is 18.2 Å². The number of benzene rings is 2. The van der Waals surface area contributed by atoms with Crippen LogP contribution in [0.3, 0.4) is 0 Å². The second-order valence-corrected chi connectivity index (χ2v) is 8.72. The average Bonchev–Trinajstić information content (AvgIpc) is 3.13. The molecule has 1 N–H and O–H groups in total. The minimum absolute atomic E-state index is 0.176. The van der Waals surface area contributed by atoms with Crippen molar-refractivity contribution in [3.8, 4) is 5.75 Å². The predicted molar refractivity (Wildman–Crippen MR) is 120 cm³/mol. The zero-order valence-electron chi connectivity index (χ0n) is 17.6. The number of amides is 1. The molecule has 4 nitrogen and oxygen atoms in total. The molecule has 1 aliphatic carbocycles. The number of ether oxygens (including phenoxy) is 1. The number of nitrogens with zero attached hydrogens (tertiary/aromatic N) is 1. The third-order valence-electron chi connectivity index (χ3n) is 7.00. The van der Waals surface area contributed by atoms with E-state index in [-0.39, 0.29) is 11.9 Å². The number of anilines is 1. The zero-order chi connectivity index (χ0) is 20.5. The molecule has 2 aromatic carbocycles. The van der Waals surface area contributed by atoms with Crippen molar-refractivity contribution in [2.75, 3.05) is 25.5 Å². The normalized spacial score (nSPS) is 25.1. The van der Waals surface area contributed by atoms with Crippen molar-refractivity contribution in [2.45, 2.75) is 44.1 Å². The third-order valence-corrected chi connectivity index (χ3v) is 7.00. The topological polar surface area (TPSA) is 41.6 Å². The van der Waals surface area contributed by atoms with Gasteiger partial charge in [-0.15, -0.1) is 0 Å². The highest BCUT2D eigenvalue weighted by atomic mass is 16.5. The lowest BCUT2D eigenvalue weighted by molar-refractivity contribution is 0.0762. The van der Waals surface area contributed by atoms with Gasteiger partial charge < -0.3 is 15.0 Å². The van der Waals surface area contributed by atoms with Crippen LogP contribution in [0.1, 0.15) is 65.5 Å². The van der Waals surface area contributed by atoms with Crippen LogP contribution in [-0.4, -0.2) is 31.0 Å². The van der Waals surface area contributed by atoms with Crippen molar-refractivity contribution >= 4 is 11.6 Å². The molecule has 0 radical (unpaired) electrons. The largest absolute Gasteiger partial charge is 0.497 e. The first kappa shape index (κ1) is 19.2. The Kier molecular flexibility index (Phi) is 5.24. The van der Waals surface area contributed by atoms with Gasteiger partial charge in [-0.25, -0.2) is 0 Å². The summed E-state index contributed by atoms with van der Waals surface area (Å²) in [7, 11) is 1.70. The Balaban J connectivity index is 1.52. The number of carbonyl (C=O) groups excluding carboxylic acids is 1. The molecule has 1 amide bonds. The van der Waals surface area contributed by atoms with Crippen molar-refractivity contribution in [3.63, 3.8) is 0 Å². The molecule has 5 rings (SSSR count). The number of fused-ring (bicyclic) bond motifs is 3. The second kappa shape index (κ2) is 8.17. The number of rotatable bonds is 3. The summed E-state index contributed by atoms with van der Waals surface area (Å²) in [6.45, 7) is 1.74. The molecule has 156 valence electrons. The van der Waals surface area contributed by atoms with Gasteiger partial charge in [0, 0.05) is 19.0 Å². The van der Waals surface area contributed by atoms with Crippen molar-refractivity contribution in [3.05, 3.63) is 71.3 Å². The summed E-state index contributed by atoms with van der Waals surface area (Å²) < 4.78 is 5.34. The monoisotopic (exact) mass is 402 g/mol. The number of hydrogen-bond donors (Lipinski definition) is 1. The molecule has 3 atom stereocenters. The predicted octanol–water partition coefficient (Wildman–Crippen LogP) is 5.54. The Morgan fingerprint density at radius 3 is 2.53 bits per heavy atom. The summed E-state index contributed by atoms with van der Waals surface area (Å²) in [5, 5.41) is 3.80. The molecule has 2 aliphatic heterocycles. The highest BCUT2D eigenvalue weighted by Gasteiger charge is 2.39. The highest BCUT2D eigenvalue weighted by Crippen LogP contribution is 2.50. The van der Waals surface area contributed by atoms with Gasteiger partial charge in [-0.3, -0.25) is 4.79 Å². The molecule has 1 fully saturated rings. The van der Waals surface area contributed by atoms with E-state index < -0.39 is 0 Å². The number of carbonyl (C=O) groups is 1. The van der Waals surface area contributed by atoms with E-state index in [1.54, 1.807) is 7.11 Å². The van der Waals surface area contributed by atoms with Crippen LogP contribution in [0.5, 0.6) is 5.75 Å². The van der Waals surface area contributed by atoms with Gasteiger partial charge in [0.2, 0.25) is 0 Å². The van der Waals surface area contributed by atoms with Crippen LogP contribution in [0.15, 0.2) is 54.6 Å². The number of hydrogen-bond acceptors (Lipinski definition) is 3. The number of methoxy groups -OCH3 is 1. The number of nitrogens with one attached hydrogen (secondary N) is 1. The molecule has 2 heterocycles. The summed E-state index contributed by atoms with van der Waals surface area (Å²) >= 11 is 0. The second-order valence-electron chi connectivity index (χ2n) is 8.72. The summed E-state index contributed by atoms with van der Waals surface area (Å²) in [6.07, 6.45) is 10.4. The van der Waals surface area contributed by atoms with Gasteiger partial charge in [0.25, 0.3) is 5.91 Å². The standard InChI is InChI=1S/C26H30N2O2/c1-30-19-14-12-18(13-15-19)24-21-9-6-8-20(21)22-10-7-11-23(25(22)27-24)26(29)28-16-4-2-3-5-17-28/h6-8,10-15,20-21,24,27H,2-5,9,16-17H2,1H3. The maximum Gasteiger partial charge on any atom is 0.255 e. The average molecular weight is 403 g/mol. The first-order valence-corrected chi connectivity index (χ1v) is 11.3. The quantitative estimate of drug-likeness (QED) is 0.686.